The van der Waals surface area contributed by atoms with Crippen LogP contribution in [-0.2, 0) is 24.4 Å². The molecule has 1 saturated heterocycles. The van der Waals surface area contributed by atoms with Crippen LogP contribution in [0.3, 0.4) is 0 Å². The lowest BCUT2D eigenvalue weighted by Gasteiger charge is -2.33. The Labute approximate surface area is 316 Å². The van der Waals surface area contributed by atoms with E-state index in [2.05, 4.69) is 37.8 Å². The van der Waals surface area contributed by atoms with Crippen LogP contribution in [0.1, 0.15) is 86.5 Å². The number of benzene rings is 1. The fourth-order valence-electron chi connectivity index (χ4n) is 7.57. The van der Waals surface area contributed by atoms with Gasteiger partial charge in [-0.15, -0.1) is 10.2 Å². The molecule has 0 bridgehead atoms. The molecule has 15 nitrogen and oxygen atoms in total. The molecule has 294 valence electrons. The molecular weight excluding hydrogens is 715 g/mol. The van der Waals surface area contributed by atoms with Gasteiger partial charge in [-0.25, -0.2) is 13.2 Å². The van der Waals surface area contributed by atoms with Crippen LogP contribution in [0, 0.1) is 17.8 Å². The summed E-state index contributed by atoms with van der Waals surface area (Å²) in [4.78, 5) is 57.8. The molecule has 1 aromatic carbocycles. The zero-order valence-electron chi connectivity index (χ0n) is 32.1. The first kappa shape index (κ1) is 39.2. The average molecular weight is 768 g/mol. The van der Waals surface area contributed by atoms with Crippen molar-refractivity contribution in [2.75, 3.05) is 13.7 Å². The van der Waals surface area contributed by atoms with Crippen LogP contribution >= 0.6 is 0 Å². The zero-order valence-corrected chi connectivity index (χ0v) is 32.9. The van der Waals surface area contributed by atoms with Crippen molar-refractivity contribution < 1.29 is 37.1 Å². The second-order valence-corrected chi connectivity index (χ2v) is 19.0. The number of fused-ring (bicyclic) bond motifs is 3. The van der Waals surface area contributed by atoms with Crippen LogP contribution in [0.15, 0.2) is 36.4 Å². The van der Waals surface area contributed by atoms with Gasteiger partial charge in [0.25, 0.3) is 5.91 Å². The molecule has 6 rings (SSSR count). The molecule has 2 saturated carbocycles. The highest BCUT2D eigenvalue weighted by Gasteiger charge is 2.63. The fourth-order valence-corrected chi connectivity index (χ4v) is 8.88. The first-order valence-electron chi connectivity index (χ1n) is 18.8. The average Bonchev–Trinajstić information content (AvgIpc) is 3.98. The number of ether oxygens (including phenoxy) is 2. The molecule has 0 spiro atoms. The zero-order chi connectivity index (χ0) is 39.2. The Hall–Kier alpha value is -4.47. The number of hydrogen-bond donors (Lipinski definition) is 4. The molecule has 2 aliphatic heterocycles. The summed E-state index contributed by atoms with van der Waals surface area (Å²) in [5.74, 6) is -1.99. The summed E-state index contributed by atoms with van der Waals surface area (Å²) < 4.78 is 39.4. The van der Waals surface area contributed by atoms with E-state index < -0.39 is 73.7 Å². The minimum atomic E-state index is -4.00. The van der Waals surface area contributed by atoms with Gasteiger partial charge in [0.2, 0.25) is 33.6 Å². The van der Waals surface area contributed by atoms with Crippen molar-refractivity contribution in [2.24, 2.45) is 17.8 Å². The third-order valence-electron chi connectivity index (χ3n) is 11.1. The summed E-state index contributed by atoms with van der Waals surface area (Å²) in [5, 5.41) is 18.4. The summed E-state index contributed by atoms with van der Waals surface area (Å²) in [6.45, 7) is 11.1. The summed E-state index contributed by atoms with van der Waals surface area (Å²) in [5.41, 5.74) is -2.10. The van der Waals surface area contributed by atoms with E-state index in [0.29, 0.717) is 42.3 Å². The lowest BCUT2D eigenvalue weighted by Crippen LogP contribution is -2.60. The van der Waals surface area contributed by atoms with Crippen molar-refractivity contribution in [3.05, 3.63) is 36.4 Å². The van der Waals surface area contributed by atoms with Crippen molar-refractivity contribution in [1.82, 2.24) is 35.8 Å². The van der Waals surface area contributed by atoms with Crippen molar-refractivity contribution in [3.8, 4) is 11.8 Å². The van der Waals surface area contributed by atoms with E-state index in [9.17, 15) is 27.6 Å². The van der Waals surface area contributed by atoms with Crippen molar-refractivity contribution in [2.45, 2.75) is 121 Å². The van der Waals surface area contributed by atoms with Crippen LogP contribution in [-0.4, -0.2) is 94.9 Å². The van der Waals surface area contributed by atoms with E-state index >= 15 is 0 Å². The summed E-state index contributed by atoms with van der Waals surface area (Å²) in [7, 11) is -2.50. The smallest absolute Gasteiger partial charge is 0.315 e. The van der Waals surface area contributed by atoms with E-state index in [0.717, 1.165) is 6.42 Å². The van der Waals surface area contributed by atoms with Crippen molar-refractivity contribution in [3.63, 3.8) is 0 Å². The van der Waals surface area contributed by atoms with Gasteiger partial charge >= 0.3 is 6.03 Å². The number of rotatable bonds is 7. The monoisotopic (exact) mass is 767 g/mol. The molecule has 2 aromatic rings. The highest BCUT2D eigenvalue weighted by atomic mass is 32.2. The maximum absolute atomic E-state index is 14.8. The van der Waals surface area contributed by atoms with Gasteiger partial charge in [0.1, 0.15) is 23.7 Å². The van der Waals surface area contributed by atoms with Gasteiger partial charge in [0, 0.05) is 17.9 Å². The SMILES string of the molecule is COc1nnc(O[C@@H]2C[C@H]3C(=O)N[C@]4(C(=O)NS(=O)(=O)C5(C)CC5)C[C@H]4C=CCC[C@@H](C)C[C@@H](C)[C@H](NC(=O)NC(C)(C)C)C(=O)N3C2)c2ccccc12. The highest BCUT2D eigenvalue weighted by molar-refractivity contribution is 7.91. The van der Waals surface area contributed by atoms with E-state index in [1.807, 2.05) is 64.1 Å². The molecule has 0 unspecified atom stereocenters. The number of sulfonamides is 1. The Balaban J connectivity index is 1.35. The molecule has 4 N–H and O–H groups in total. The number of nitrogens with zero attached hydrogens (tertiary/aromatic N) is 3. The summed E-state index contributed by atoms with van der Waals surface area (Å²) in [6.07, 6.45) is 6.28. The second kappa shape index (κ2) is 14.6. The van der Waals surface area contributed by atoms with Gasteiger partial charge in [-0.05, 0) is 90.2 Å². The Morgan fingerprint density at radius 1 is 1.04 bits per heavy atom. The number of allylic oxidation sites excluding steroid dienone is 1. The number of hydrogen-bond acceptors (Lipinski definition) is 10. The van der Waals surface area contributed by atoms with Crippen LogP contribution in [0.2, 0.25) is 0 Å². The Kier molecular flexibility index (Phi) is 10.6. The van der Waals surface area contributed by atoms with Gasteiger partial charge in [0.15, 0.2) is 0 Å². The molecular formula is C38H53N7O8S. The van der Waals surface area contributed by atoms with E-state index in [1.165, 1.54) is 12.0 Å². The normalized spacial score (nSPS) is 29.8. The standard InChI is InChI=1S/C38H53N7O8S/c1-22-12-8-9-13-24-20-38(24,34(48)44-54(50,51)37(6)16-17-37)40-30(46)28-19-25(53-32-27-15-11-10-14-26(27)31(52-7)42-43-32)21-45(28)33(47)29(23(2)18-22)39-35(49)41-36(3,4)5/h9-11,13-15,22-25,28-29H,8,12,16-21H2,1-7H3,(H,40,46)(H,44,48)(H2,39,41,49)/t22-,23-,24-,25-,28+,29+,38-/m1/s1. The van der Waals surface area contributed by atoms with Crippen molar-refractivity contribution in [1.29, 1.82) is 0 Å². The first-order chi connectivity index (χ1) is 25.4. The summed E-state index contributed by atoms with van der Waals surface area (Å²) >= 11 is 0. The molecule has 4 aliphatic rings. The first-order valence-corrected chi connectivity index (χ1v) is 20.3. The Morgan fingerprint density at radius 2 is 1.70 bits per heavy atom. The Bertz CT molecular complexity index is 1940. The van der Waals surface area contributed by atoms with Gasteiger partial charge in [-0.2, -0.15) is 0 Å². The van der Waals surface area contributed by atoms with Gasteiger partial charge in [-0.3, -0.25) is 19.1 Å². The van der Waals surface area contributed by atoms with E-state index in [4.69, 9.17) is 9.47 Å². The van der Waals surface area contributed by atoms with Crippen LogP contribution in [0.5, 0.6) is 11.8 Å². The van der Waals surface area contributed by atoms with Crippen LogP contribution in [0.25, 0.3) is 10.8 Å². The molecule has 1 aromatic heterocycles. The molecule has 3 heterocycles. The Morgan fingerprint density at radius 3 is 2.35 bits per heavy atom. The predicted octanol–water partition coefficient (Wildman–Crippen LogP) is 3.34. The third-order valence-corrected chi connectivity index (χ3v) is 13.3. The summed E-state index contributed by atoms with van der Waals surface area (Å²) in [6, 6.07) is 4.64. The molecule has 54 heavy (non-hydrogen) atoms. The topological polar surface area (TPSA) is 198 Å². The maximum atomic E-state index is 14.8. The van der Waals surface area contributed by atoms with Crippen molar-refractivity contribution >= 4 is 44.5 Å². The minimum Gasteiger partial charge on any atom is -0.479 e. The number of carbonyl (C=O) groups excluding carboxylic acids is 4. The predicted molar refractivity (Wildman–Crippen MR) is 201 cm³/mol. The quantitative estimate of drug-likeness (QED) is 0.303. The van der Waals surface area contributed by atoms with Gasteiger partial charge < -0.3 is 30.3 Å². The lowest BCUT2D eigenvalue weighted by molar-refractivity contribution is -0.142. The molecule has 5 amide bonds. The highest BCUT2D eigenvalue weighted by Crippen LogP contribution is 2.47. The van der Waals surface area contributed by atoms with E-state index in [1.54, 1.807) is 6.92 Å². The molecule has 0 radical (unpaired) electrons. The third kappa shape index (κ3) is 8.13. The molecule has 7 atom stereocenters. The molecule has 3 fully saturated rings. The van der Waals surface area contributed by atoms with Gasteiger partial charge in [-0.1, -0.05) is 38.1 Å². The number of amides is 5. The van der Waals surface area contributed by atoms with E-state index in [-0.39, 0.29) is 37.1 Å². The number of nitrogens with one attached hydrogen (secondary N) is 4. The minimum absolute atomic E-state index is 0.0277. The molecule has 16 heteroatoms. The number of aromatic nitrogens is 2. The number of carbonyl (C=O) groups is 4. The van der Waals surface area contributed by atoms with Crippen LogP contribution in [0.4, 0.5) is 4.79 Å². The second-order valence-electron chi connectivity index (χ2n) is 16.8. The van der Waals surface area contributed by atoms with Crippen LogP contribution < -0.4 is 30.1 Å². The number of urea groups is 1. The fraction of sp³-hybridized carbons (Fsp3) is 0.632. The lowest BCUT2D eigenvalue weighted by atomic mass is 9.88. The van der Waals surface area contributed by atoms with Gasteiger partial charge in [0.05, 0.1) is 29.2 Å². The maximum Gasteiger partial charge on any atom is 0.315 e. The number of methoxy groups -OCH3 is 1. The molecule has 2 aliphatic carbocycles. The largest absolute Gasteiger partial charge is 0.479 e.